The van der Waals surface area contributed by atoms with Gasteiger partial charge in [0.05, 0.1) is 17.1 Å². The van der Waals surface area contributed by atoms with Crippen LogP contribution in [0.3, 0.4) is 0 Å². The molecule has 2 aromatic rings. The van der Waals surface area contributed by atoms with Gasteiger partial charge in [-0.2, -0.15) is 4.31 Å². The predicted octanol–water partition coefficient (Wildman–Crippen LogP) is 4.73. The number of nitrogens with one attached hydrogen (secondary N) is 1. The van der Waals surface area contributed by atoms with E-state index >= 15 is 0 Å². The zero-order valence-electron chi connectivity index (χ0n) is 22.3. The molecule has 1 heterocycles. The van der Waals surface area contributed by atoms with E-state index in [1.165, 1.54) is 16.4 Å². The van der Waals surface area contributed by atoms with Crippen molar-refractivity contribution in [1.29, 1.82) is 0 Å². The highest BCUT2D eigenvalue weighted by atomic mass is 35.5. The fraction of sp³-hybridized carbons (Fsp3) is 0.556. The minimum Gasteiger partial charge on any atom is -0.493 e. The Kier molecular flexibility index (Phi) is 12.4. The molecule has 1 aromatic heterocycles. The van der Waals surface area contributed by atoms with E-state index < -0.39 is 27.6 Å². The Bertz CT molecular complexity index is 1090. The molecule has 0 bridgehead atoms. The van der Waals surface area contributed by atoms with Gasteiger partial charge in [-0.15, -0.1) is 12.4 Å². The van der Waals surface area contributed by atoms with Crippen molar-refractivity contribution in [2.24, 2.45) is 5.92 Å². The number of nitrogens with zero attached hydrogens (tertiary/aromatic N) is 2. The van der Waals surface area contributed by atoms with Crippen molar-refractivity contribution in [3.8, 4) is 5.75 Å². The maximum atomic E-state index is 14.2. The number of hydrogen-bond donors (Lipinski definition) is 2. The quantitative estimate of drug-likeness (QED) is 0.264. The number of benzene rings is 1. The molecule has 212 valence electrons. The molecule has 1 atom stereocenters. The first-order valence-electron chi connectivity index (χ1n) is 12.9. The summed E-state index contributed by atoms with van der Waals surface area (Å²) in [7, 11) is -4.21. The van der Waals surface area contributed by atoms with Crippen molar-refractivity contribution >= 4 is 28.3 Å². The van der Waals surface area contributed by atoms with Gasteiger partial charge >= 0.3 is 0 Å². The number of ether oxygens (including phenoxy) is 2. The largest absolute Gasteiger partial charge is 0.493 e. The summed E-state index contributed by atoms with van der Waals surface area (Å²) >= 11 is 0. The molecule has 1 amide bonds. The van der Waals surface area contributed by atoms with Crippen LogP contribution >= 0.6 is 12.4 Å². The van der Waals surface area contributed by atoms with Crippen molar-refractivity contribution in [1.82, 2.24) is 14.8 Å². The van der Waals surface area contributed by atoms with Crippen LogP contribution in [0.2, 0.25) is 0 Å². The lowest BCUT2D eigenvalue weighted by Crippen LogP contribution is -2.62. The molecule has 1 fully saturated rings. The minimum absolute atomic E-state index is 0. The number of pyridine rings is 1. The molecule has 0 aliphatic heterocycles. The molecule has 1 aliphatic rings. The zero-order valence-corrected chi connectivity index (χ0v) is 24.0. The van der Waals surface area contributed by atoms with Crippen LogP contribution in [0.15, 0.2) is 53.7 Å². The Balaban J connectivity index is 0.00000507. The van der Waals surface area contributed by atoms with Crippen molar-refractivity contribution in [2.45, 2.75) is 82.4 Å². The standard InChI is InChI=1S/C27H39N3O6S.ClH/c1-4-18-36-27(14-6-5-7-15-27)25(26(31)29-32)30(19-22-12-16-28-17-13-22)37(33,34)24-10-8-23(9-11-24)35-20-21(2)3;/h8-13,16-17,21,25,32H,4-7,14-15,18-20H2,1-3H3,(H,29,31);1H. The van der Waals surface area contributed by atoms with Gasteiger partial charge in [0, 0.05) is 25.5 Å². The van der Waals surface area contributed by atoms with Gasteiger partial charge in [-0.3, -0.25) is 15.0 Å². The molecule has 38 heavy (non-hydrogen) atoms. The SMILES string of the molecule is CCCOC1(C(C(=O)NO)N(Cc2ccncc2)S(=O)(=O)c2ccc(OCC(C)C)cc2)CCCCC1.Cl. The van der Waals surface area contributed by atoms with Crippen LogP contribution in [0, 0.1) is 5.92 Å². The number of carbonyl (C=O) groups excluding carboxylic acids is 1. The van der Waals surface area contributed by atoms with E-state index in [0.717, 1.165) is 19.3 Å². The summed E-state index contributed by atoms with van der Waals surface area (Å²) < 4.78 is 41.6. The van der Waals surface area contributed by atoms with Gasteiger partial charge < -0.3 is 9.47 Å². The first-order valence-corrected chi connectivity index (χ1v) is 14.4. The lowest BCUT2D eigenvalue weighted by molar-refractivity contribution is -0.155. The Hall–Kier alpha value is -2.24. The van der Waals surface area contributed by atoms with Crippen LogP contribution < -0.4 is 10.2 Å². The van der Waals surface area contributed by atoms with Gasteiger partial charge in [0.1, 0.15) is 11.8 Å². The Labute approximate surface area is 232 Å². The average Bonchev–Trinajstić information content (AvgIpc) is 2.91. The van der Waals surface area contributed by atoms with Gasteiger partial charge in [0.15, 0.2) is 0 Å². The molecule has 11 heteroatoms. The first-order chi connectivity index (χ1) is 17.7. The fourth-order valence-corrected chi connectivity index (χ4v) is 6.37. The second-order valence-electron chi connectivity index (χ2n) is 9.93. The topological polar surface area (TPSA) is 118 Å². The normalized spacial score (nSPS) is 16.1. The molecule has 2 N–H and O–H groups in total. The minimum atomic E-state index is -4.21. The average molecular weight is 570 g/mol. The number of carbonyl (C=O) groups is 1. The summed E-state index contributed by atoms with van der Waals surface area (Å²) in [4.78, 5) is 17.4. The highest BCUT2D eigenvalue weighted by Gasteiger charge is 2.51. The third-order valence-corrected chi connectivity index (χ3v) is 8.37. The third-order valence-electron chi connectivity index (χ3n) is 6.54. The van der Waals surface area contributed by atoms with Crippen molar-refractivity contribution in [3.63, 3.8) is 0 Å². The molecule has 0 saturated heterocycles. The highest BCUT2D eigenvalue weighted by Crippen LogP contribution is 2.39. The maximum Gasteiger partial charge on any atom is 0.264 e. The summed E-state index contributed by atoms with van der Waals surface area (Å²) in [5.74, 6) is 0.0763. The monoisotopic (exact) mass is 569 g/mol. The summed E-state index contributed by atoms with van der Waals surface area (Å²) in [5.41, 5.74) is 1.32. The van der Waals surface area contributed by atoms with Gasteiger partial charge in [-0.1, -0.05) is 40.0 Å². The summed E-state index contributed by atoms with van der Waals surface area (Å²) in [6.07, 6.45) is 7.45. The summed E-state index contributed by atoms with van der Waals surface area (Å²) in [6.45, 7) is 6.82. The van der Waals surface area contributed by atoms with Crippen LogP contribution in [0.4, 0.5) is 0 Å². The lowest BCUT2D eigenvalue weighted by Gasteiger charge is -2.46. The molecule has 1 saturated carbocycles. The van der Waals surface area contributed by atoms with Crippen molar-refractivity contribution in [3.05, 3.63) is 54.4 Å². The molecular formula is C27H40ClN3O6S. The Morgan fingerprint density at radius 1 is 1.11 bits per heavy atom. The summed E-state index contributed by atoms with van der Waals surface area (Å²) in [6, 6.07) is 8.34. The van der Waals surface area contributed by atoms with E-state index in [-0.39, 0.29) is 23.8 Å². The molecule has 9 nitrogen and oxygen atoms in total. The summed E-state index contributed by atoms with van der Waals surface area (Å²) in [5, 5.41) is 9.76. The van der Waals surface area contributed by atoms with E-state index in [2.05, 4.69) is 4.98 Å². The number of halogens is 1. The van der Waals surface area contributed by atoms with E-state index in [0.29, 0.717) is 49.7 Å². The molecule has 0 spiro atoms. The van der Waals surface area contributed by atoms with Gasteiger partial charge in [-0.25, -0.2) is 13.9 Å². The predicted molar refractivity (Wildman–Crippen MR) is 147 cm³/mol. The number of rotatable bonds is 13. The highest BCUT2D eigenvalue weighted by molar-refractivity contribution is 7.89. The van der Waals surface area contributed by atoms with E-state index in [1.54, 1.807) is 42.1 Å². The number of amides is 1. The van der Waals surface area contributed by atoms with Crippen LogP contribution in [-0.2, 0) is 26.1 Å². The molecule has 1 unspecified atom stereocenters. The maximum absolute atomic E-state index is 14.2. The third kappa shape index (κ3) is 7.89. The molecular weight excluding hydrogens is 530 g/mol. The van der Waals surface area contributed by atoms with Gasteiger partial charge in [0.2, 0.25) is 10.0 Å². The number of hydrogen-bond acceptors (Lipinski definition) is 7. The molecule has 0 radical (unpaired) electrons. The Morgan fingerprint density at radius 2 is 1.74 bits per heavy atom. The van der Waals surface area contributed by atoms with Crippen molar-refractivity contribution in [2.75, 3.05) is 13.2 Å². The molecule has 3 rings (SSSR count). The van der Waals surface area contributed by atoms with Crippen LogP contribution in [0.1, 0.15) is 64.9 Å². The second kappa shape index (κ2) is 14.8. The van der Waals surface area contributed by atoms with Crippen LogP contribution in [0.25, 0.3) is 0 Å². The van der Waals surface area contributed by atoms with Crippen LogP contribution in [0.5, 0.6) is 5.75 Å². The van der Waals surface area contributed by atoms with E-state index in [9.17, 15) is 18.4 Å². The lowest BCUT2D eigenvalue weighted by atomic mass is 9.78. The zero-order chi connectivity index (χ0) is 26.9. The van der Waals surface area contributed by atoms with E-state index in [1.807, 2.05) is 20.8 Å². The van der Waals surface area contributed by atoms with Gasteiger partial charge in [-0.05, 0) is 67.1 Å². The number of sulfonamides is 1. The fourth-order valence-electron chi connectivity index (χ4n) is 4.73. The Morgan fingerprint density at radius 3 is 2.29 bits per heavy atom. The smallest absolute Gasteiger partial charge is 0.264 e. The molecule has 1 aromatic carbocycles. The van der Waals surface area contributed by atoms with Gasteiger partial charge in [0.25, 0.3) is 5.91 Å². The first kappa shape index (κ1) is 32.0. The van der Waals surface area contributed by atoms with E-state index in [4.69, 9.17) is 9.47 Å². The molecule has 1 aliphatic carbocycles. The number of aromatic nitrogens is 1. The van der Waals surface area contributed by atoms with Crippen LogP contribution in [-0.4, -0.2) is 53.7 Å². The second-order valence-corrected chi connectivity index (χ2v) is 11.8. The number of hydroxylamine groups is 1. The van der Waals surface area contributed by atoms with Crippen molar-refractivity contribution < 1.29 is 27.9 Å².